The number of rotatable bonds is 3. The number of hydrogen-bond acceptors (Lipinski definition) is 6. The first-order valence-electron chi connectivity index (χ1n) is 6.43. The van der Waals surface area contributed by atoms with Crippen LogP contribution in [0.1, 0.15) is 0 Å². The van der Waals surface area contributed by atoms with E-state index in [0.29, 0.717) is 10.0 Å². The lowest BCUT2D eigenvalue weighted by molar-refractivity contribution is -0.118. The van der Waals surface area contributed by atoms with E-state index in [1.807, 2.05) is 36.4 Å². The molecule has 2 aromatic carbocycles. The van der Waals surface area contributed by atoms with Crippen LogP contribution >= 0.6 is 24.0 Å². The van der Waals surface area contributed by atoms with Crippen molar-refractivity contribution in [3.8, 4) is 16.9 Å². The number of nitrogens with zero attached hydrogens (tertiary/aromatic N) is 2. The van der Waals surface area contributed by atoms with E-state index in [2.05, 4.69) is 15.5 Å². The monoisotopic (exact) mass is 329 g/mol. The summed E-state index contributed by atoms with van der Waals surface area (Å²) in [5.41, 5.74) is 2.67. The van der Waals surface area contributed by atoms with Crippen LogP contribution in [0.3, 0.4) is 0 Å². The van der Waals surface area contributed by atoms with Gasteiger partial charge >= 0.3 is 0 Å². The second-order valence-corrected chi connectivity index (χ2v) is 6.31. The van der Waals surface area contributed by atoms with Crippen LogP contribution in [-0.4, -0.2) is 20.7 Å². The first kappa shape index (κ1) is 14.7. The number of carbonyl (C=O) groups excluding carboxylic acids is 1. The Labute approximate surface area is 136 Å². The molecule has 7 heteroatoms. The predicted octanol–water partition coefficient (Wildman–Crippen LogP) is 3.62. The van der Waals surface area contributed by atoms with Crippen LogP contribution in [0.5, 0.6) is 5.75 Å². The average molecular weight is 329 g/mol. The van der Waals surface area contributed by atoms with Crippen LogP contribution < -0.4 is 5.32 Å². The molecule has 2 aromatic rings. The Morgan fingerprint density at radius 3 is 2.18 bits per heavy atom. The summed E-state index contributed by atoms with van der Waals surface area (Å²) in [5, 5.41) is 19.3. The number of benzene rings is 2. The lowest BCUT2D eigenvalue weighted by Gasteiger charge is -2.02. The molecule has 1 unspecified atom stereocenters. The maximum Gasteiger partial charge on any atom is 0.262 e. The van der Waals surface area contributed by atoms with Crippen molar-refractivity contribution in [1.82, 2.24) is 5.32 Å². The lowest BCUT2D eigenvalue weighted by Crippen LogP contribution is -2.22. The number of nitrogens with one attached hydrogen (secondary N) is 1. The van der Waals surface area contributed by atoms with Gasteiger partial charge in [-0.15, -0.1) is 0 Å². The molecule has 22 heavy (non-hydrogen) atoms. The van der Waals surface area contributed by atoms with Crippen LogP contribution in [0.2, 0.25) is 0 Å². The van der Waals surface area contributed by atoms with Crippen LogP contribution in [-0.2, 0) is 4.79 Å². The molecule has 3 rings (SSSR count). The molecule has 0 bridgehead atoms. The van der Waals surface area contributed by atoms with Gasteiger partial charge in [-0.25, -0.2) is 0 Å². The van der Waals surface area contributed by atoms with Crippen molar-refractivity contribution in [2.24, 2.45) is 10.2 Å². The number of phenols is 1. The van der Waals surface area contributed by atoms with Gasteiger partial charge in [-0.2, -0.15) is 10.2 Å². The Morgan fingerprint density at radius 1 is 1.05 bits per heavy atom. The molecule has 1 saturated heterocycles. The van der Waals surface area contributed by atoms with Gasteiger partial charge in [0.05, 0.1) is 5.69 Å². The Balaban J connectivity index is 1.73. The minimum absolute atomic E-state index is 0.236. The van der Waals surface area contributed by atoms with E-state index < -0.39 is 5.37 Å². The fraction of sp³-hybridized carbons (Fsp3) is 0.0667. The fourth-order valence-corrected chi connectivity index (χ4v) is 2.91. The molecule has 1 fully saturated rings. The summed E-state index contributed by atoms with van der Waals surface area (Å²) in [6.07, 6.45) is 0. The third-order valence-corrected chi connectivity index (χ3v) is 4.25. The van der Waals surface area contributed by atoms with Crippen LogP contribution in [0.25, 0.3) is 11.1 Å². The zero-order valence-electron chi connectivity index (χ0n) is 11.3. The van der Waals surface area contributed by atoms with Gasteiger partial charge in [-0.05, 0) is 35.4 Å². The van der Waals surface area contributed by atoms with Crippen molar-refractivity contribution < 1.29 is 9.90 Å². The highest BCUT2D eigenvalue weighted by atomic mass is 32.2. The molecule has 5 nitrogen and oxygen atoms in total. The van der Waals surface area contributed by atoms with E-state index in [0.717, 1.165) is 11.1 Å². The molecule has 1 amide bonds. The summed E-state index contributed by atoms with van der Waals surface area (Å²) in [6, 6.07) is 14.4. The molecule has 1 aliphatic rings. The second kappa shape index (κ2) is 6.25. The lowest BCUT2D eigenvalue weighted by atomic mass is 10.1. The third-order valence-electron chi connectivity index (χ3n) is 3.01. The molecule has 0 spiro atoms. The molecule has 1 atom stereocenters. The molecule has 0 aliphatic carbocycles. The number of carbonyl (C=O) groups is 1. The Hall–Kier alpha value is -2.25. The molecule has 0 radical (unpaired) electrons. The average Bonchev–Trinajstić information content (AvgIpc) is 2.84. The molecular weight excluding hydrogens is 318 g/mol. The maximum atomic E-state index is 11.5. The number of phenolic OH excluding ortho intramolecular Hbond substituents is 1. The van der Waals surface area contributed by atoms with Crippen molar-refractivity contribution in [3.63, 3.8) is 0 Å². The zero-order valence-corrected chi connectivity index (χ0v) is 12.9. The largest absolute Gasteiger partial charge is 0.508 e. The molecule has 0 aromatic heterocycles. The molecular formula is C15H11N3O2S2. The zero-order chi connectivity index (χ0) is 15.5. The first-order valence-corrected chi connectivity index (χ1v) is 7.72. The molecule has 1 heterocycles. The van der Waals surface area contributed by atoms with Gasteiger partial charge in [0, 0.05) is 0 Å². The number of thiocarbonyl (C=S) groups is 1. The van der Waals surface area contributed by atoms with Gasteiger partial charge in [0.15, 0.2) is 0 Å². The van der Waals surface area contributed by atoms with Crippen molar-refractivity contribution in [3.05, 3.63) is 48.5 Å². The minimum Gasteiger partial charge on any atom is -0.508 e. The van der Waals surface area contributed by atoms with E-state index in [1.165, 1.54) is 11.8 Å². The quantitative estimate of drug-likeness (QED) is 0.666. The van der Waals surface area contributed by atoms with Gasteiger partial charge in [0.25, 0.3) is 5.91 Å². The van der Waals surface area contributed by atoms with Gasteiger partial charge in [-0.1, -0.05) is 48.2 Å². The number of amides is 1. The topological polar surface area (TPSA) is 74.0 Å². The Morgan fingerprint density at radius 2 is 1.64 bits per heavy atom. The van der Waals surface area contributed by atoms with E-state index >= 15 is 0 Å². The van der Waals surface area contributed by atoms with Gasteiger partial charge in [0.2, 0.25) is 5.37 Å². The summed E-state index contributed by atoms with van der Waals surface area (Å²) < 4.78 is 0.427. The predicted molar refractivity (Wildman–Crippen MR) is 90.2 cm³/mol. The van der Waals surface area contributed by atoms with E-state index in [4.69, 9.17) is 12.2 Å². The first-order chi connectivity index (χ1) is 10.6. The summed E-state index contributed by atoms with van der Waals surface area (Å²) in [5.74, 6) is -0.00103. The Kier molecular flexibility index (Phi) is 4.17. The number of thioether (sulfide) groups is 1. The molecule has 110 valence electrons. The smallest absolute Gasteiger partial charge is 0.262 e. The summed E-state index contributed by atoms with van der Waals surface area (Å²) >= 11 is 6.08. The minimum atomic E-state index is -0.607. The van der Waals surface area contributed by atoms with Crippen LogP contribution in [0, 0.1) is 0 Å². The normalized spacial score (nSPS) is 17.9. The highest BCUT2D eigenvalue weighted by Crippen LogP contribution is 2.26. The van der Waals surface area contributed by atoms with Crippen molar-refractivity contribution in [2.45, 2.75) is 5.37 Å². The SMILES string of the molecule is O=C1NC(=S)SC1N=Nc1ccc(-c2ccc(O)cc2)cc1. The molecule has 2 N–H and O–H groups in total. The maximum absolute atomic E-state index is 11.5. The summed E-state index contributed by atoms with van der Waals surface area (Å²) in [6.45, 7) is 0. The van der Waals surface area contributed by atoms with Crippen molar-refractivity contribution in [1.29, 1.82) is 0 Å². The van der Waals surface area contributed by atoms with Crippen LogP contribution in [0.15, 0.2) is 58.8 Å². The second-order valence-electron chi connectivity index (χ2n) is 4.56. The molecule has 0 saturated carbocycles. The van der Waals surface area contributed by atoms with Gasteiger partial charge < -0.3 is 10.4 Å². The summed E-state index contributed by atoms with van der Waals surface area (Å²) in [7, 11) is 0. The standard InChI is InChI=1S/C15H11N3O2S2/c19-12-7-3-10(4-8-12)9-1-5-11(6-2-9)17-18-14-13(20)16-15(21)22-14/h1-8,14,19H,(H,16,20,21). The highest BCUT2D eigenvalue weighted by molar-refractivity contribution is 8.24. The van der Waals surface area contributed by atoms with Crippen molar-refractivity contribution >= 4 is 39.9 Å². The van der Waals surface area contributed by atoms with E-state index in [-0.39, 0.29) is 11.7 Å². The Bertz CT molecular complexity index is 742. The highest BCUT2D eigenvalue weighted by Gasteiger charge is 2.28. The van der Waals surface area contributed by atoms with Crippen LogP contribution in [0.4, 0.5) is 5.69 Å². The number of hydrogen-bond donors (Lipinski definition) is 2. The van der Waals surface area contributed by atoms with E-state index in [1.54, 1.807) is 12.1 Å². The van der Waals surface area contributed by atoms with Gasteiger partial charge in [0.1, 0.15) is 10.1 Å². The van der Waals surface area contributed by atoms with Gasteiger partial charge in [-0.3, -0.25) is 4.79 Å². The fourth-order valence-electron chi connectivity index (χ4n) is 1.92. The van der Waals surface area contributed by atoms with E-state index in [9.17, 15) is 9.90 Å². The third kappa shape index (κ3) is 3.32. The summed E-state index contributed by atoms with van der Waals surface area (Å²) in [4.78, 5) is 11.5. The van der Waals surface area contributed by atoms with Crippen molar-refractivity contribution in [2.75, 3.05) is 0 Å². The number of azo groups is 1. The number of aromatic hydroxyl groups is 1. The molecule has 1 aliphatic heterocycles.